The number of esters is 1. The molecule has 162 valence electrons. The quantitative estimate of drug-likeness (QED) is 0.576. The number of carbonyl (C=O) groups is 3. The molecule has 0 spiro atoms. The van der Waals surface area contributed by atoms with Crippen molar-refractivity contribution in [2.45, 2.75) is 18.5 Å². The van der Waals surface area contributed by atoms with Gasteiger partial charge >= 0.3 is 5.97 Å². The number of amides is 2. The fourth-order valence-electron chi connectivity index (χ4n) is 5.02. The number of benzene rings is 2. The van der Waals surface area contributed by atoms with Gasteiger partial charge in [-0.3, -0.25) is 14.5 Å². The lowest BCUT2D eigenvalue weighted by molar-refractivity contribution is -0.742. The molecule has 0 aromatic heterocycles. The first-order chi connectivity index (χ1) is 14.8. The Hall–Kier alpha value is -3.19. The Labute approximate surface area is 182 Å². The Balaban J connectivity index is 1.89. The zero-order valence-corrected chi connectivity index (χ0v) is 18.2. The van der Waals surface area contributed by atoms with Crippen LogP contribution in [-0.4, -0.2) is 50.4 Å². The standard InChI is InChI=1S/C24H27N3O4/c1-5-31-23(30)24(16-9-7-6-8-10-16)19-18(21(28)27(4)22(19)29)20(25-24)15-11-13-17(14-12-15)26(2)3/h6-14,18-20,25H,5H2,1-4H3/p+1/t18-,19-,20-,24-/m0/s1. The highest BCUT2D eigenvalue weighted by molar-refractivity contribution is 6.08. The number of anilines is 1. The second-order valence-electron chi connectivity index (χ2n) is 8.37. The molecule has 2 aliphatic heterocycles. The Bertz CT molecular complexity index is 1010. The SMILES string of the molecule is CCOC(=O)[C@@]1(c2ccccc2)[NH2+][C@@H](c2ccc(N(C)C)cc2)[C@H]2C(=O)N(C)C(=O)[C@H]21. The van der Waals surface area contributed by atoms with Crippen molar-refractivity contribution in [2.75, 3.05) is 32.6 Å². The number of rotatable bonds is 5. The number of nitrogens with two attached hydrogens (primary N) is 1. The molecule has 2 fully saturated rings. The summed E-state index contributed by atoms with van der Waals surface area (Å²) in [5.74, 6) is -2.55. The van der Waals surface area contributed by atoms with Crippen molar-refractivity contribution in [1.82, 2.24) is 4.90 Å². The second kappa shape index (κ2) is 7.81. The summed E-state index contributed by atoms with van der Waals surface area (Å²) in [6.07, 6.45) is 0. The smallest absolute Gasteiger partial charge is 0.373 e. The van der Waals surface area contributed by atoms with Crippen LogP contribution in [0.3, 0.4) is 0 Å². The van der Waals surface area contributed by atoms with Crippen molar-refractivity contribution >= 4 is 23.5 Å². The fraction of sp³-hybridized carbons (Fsp3) is 0.375. The molecule has 2 aromatic carbocycles. The molecule has 2 N–H and O–H groups in total. The van der Waals surface area contributed by atoms with E-state index in [0.29, 0.717) is 5.56 Å². The molecule has 7 heteroatoms. The van der Waals surface area contributed by atoms with Crippen molar-refractivity contribution < 1.29 is 24.4 Å². The van der Waals surface area contributed by atoms with Crippen molar-refractivity contribution in [3.8, 4) is 0 Å². The first kappa shape index (κ1) is 21.1. The van der Waals surface area contributed by atoms with E-state index in [4.69, 9.17) is 4.74 Å². The molecule has 31 heavy (non-hydrogen) atoms. The molecule has 0 unspecified atom stereocenters. The monoisotopic (exact) mass is 422 g/mol. The van der Waals surface area contributed by atoms with E-state index in [2.05, 4.69) is 0 Å². The number of carbonyl (C=O) groups excluding carboxylic acids is 3. The van der Waals surface area contributed by atoms with Gasteiger partial charge < -0.3 is 15.0 Å². The lowest BCUT2D eigenvalue weighted by atomic mass is 9.75. The predicted molar refractivity (Wildman–Crippen MR) is 115 cm³/mol. The van der Waals surface area contributed by atoms with Crippen molar-refractivity contribution in [2.24, 2.45) is 11.8 Å². The van der Waals surface area contributed by atoms with Crippen LogP contribution in [0, 0.1) is 11.8 Å². The van der Waals surface area contributed by atoms with Gasteiger partial charge in [0.05, 0.1) is 6.61 Å². The molecule has 2 heterocycles. The van der Waals surface area contributed by atoms with Gasteiger partial charge in [0.15, 0.2) is 0 Å². The van der Waals surface area contributed by atoms with Crippen LogP contribution in [-0.2, 0) is 24.7 Å². The molecule has 2 saturated heterocycles. The molecule has 0 bridgehead atoms. The largest absolute Gasteiger partial charge is 0.461 e. The fourth-order valence-corrected chi connectivity index (χ4v) is 5.02. The van der Waals surface area contributed by atoms with Gasteiger partial charge in [0.1, 0.15) is 17.9 Å². The minimum Gasteiger partial charge on any atom is -0.461 e. The summed E-state index contributed by atoms with van der Waals surface area (Å²) in [7, 11) is 5.42. The third-order valence-corrected chi connectivity index (χ3v) is 6.55. The van der Waals surface area contributed by atoms with Crippen LogP contribution in [0.25, 0.3) is 0 Å². The topological polar surface area (TPSA) is 83.5 Å². The Morgan fingerprint density at radius 2 is 1.71 bits per heavy atom. The second-order valence-corrected chi connectivity index (χ2v) is 8.37. The van der Waals surface area contributed by atoms with Gasteiger partial charge in [-0.2, -0.15) is 0 Å². The van der Waals surface area contributed by atoms with E-state index in [9.17, 15) is 14.4 Å². The van der Waals surface area contributed by atoms with E-state index in [1.165, 1.54) is 11.9 Å². The number of nitrogens with zero attached hydrogens (tertiary/aromatic N) is 2. The van der Waals surface area contributed by atoms with Gasteiger partial charge in [-0.1, -0.05) is 42.5 Å². The van der Waals surface area contributed by atoms with Gasteiger partial charge in [0.25, 0.3) is 0 Å². The third kappa shape index (κ3) is 3.11. The number of likely N-dealkylation sites (tertiary alicyclic amines) is 1. The number of quaternary nitrogens is 1. The van der Waals surface area contributed by atoms with E-state index >= 15 is 0 Å². The summed E-state index contributed by atoms with van der Waals surface area (Å²) in [5, 5.41) is 1.88. The third-order valence-electron chi connectivity index (χ3n) is 6.55. The molecule has 7 nitrogen and oxygen atoms in total. The number of imide groups is 1. The van der Waals surface area contributed by atoms with Crippen molar-refractivity contribution in [3.63, 3.8) is 0 Å². The van der Waals surface area contributed by atoms with Crippen LogP contribution >= 0.6 is 0 Å². The van der Waals surface area contributed by atoms with Gasteiger partial charge in [-0.25, -0.2) is 4.79 Å². The predicted octanol–water partition coefficient (Wildman–Crippen LogP) is 1.06. The van der Waals surface area contributed by atoms with E-state index in [1.54, 1.807) is 6.92 Å². The summed E-state index contributed by atoms with van der Waals surface area (Å²) in [4.78, 5) is 43.1. The molecule has 4 atom stereocenters. The average molecular weight is 423 g/mol. The Kier molecular flexibility index (Phi) is 5.31. The van der Waals surface area contributed by atoms with E-state index in [0.717, 1.165) is 11.3 Å². The molecule has 2 aliphatic rings. The van der Waals surface area contributed by atoms with Gasteiger partial charge in [0.2, 0.25) is 17.4 Å². The molecule has 0 radical (unpaired) electrons. The minimum absolute atomic E-state index is 0.193. The maximum absolute atomic E-state index is 13.4. The van der Waals surface area contributed by atoms with Crippen molar-refractivity contribution in [1.29, 1.82) is 0 Å². The summed E-state index contributed by atoms with van der Waals surface area (Å²) < 4.78 is 5.49. The van der Waals surface area contributed by atoms with Crippen LogP contribution in [0.1, 0.15) is 24.1 Å². The van der Waals surface area contributed by atoms with Crippen LogP contribution in [0.4, 0.5) is 5.69 Å². The minimum atomic E-state index is -1.32. The molecule has 0 saturated carbocycles. The molecular formula is C24H28N3O4+. The maximum Gasteiger partial charge on any atom is 0.373 e. The van der Waals surface area contributed by atoms with Crippen LogP contribution < -0.4 is 10.2 Å². The highest BCUT2D eigenvalue weighted by Gasteiger charge is 2.72. The summed E-state index contributed by atoms with van der Waals surface area (Å²) in [6, 6.07) is 16.7. The number of hydrogen-bond acceptors (Lipinski definition) is 5. The van der Waals surface area contributed by atoms with Gasteiger partial charge in [-0.05, 0) is 19.1 Å². The van der Waals surface area contributed by atoms with E-state index in [-0.39, 0.29) is 24.5 Å². The summed E-state index contributed by atoms with van der Waals surface area (Å²) in [6.45, 7) is 1.94. The normalized spacial score (nSPS) is 27.4. The van der Waals surface area contributed by atoms with E-state index in [1.807, 2.05) is 78.9 Å². The molecule has 4 rings (SSSR count). The highest BCUT2D eigenvalue weighted by Crippen LogP contribution is 2.48. The van der Waals surface area contributed by atoms with Gasteiger partial charge in [-0.15, -0.1) is 0 Å². The first-order valence-electron chi connectivity index (χ1n) is 10.5. The Morgan fingerprint density at radius 1 is 1.06 bits per heavy atom. The molecule has 0 aliphatic carbocycles. The Morgan fingerprint density at radius 3 is 2.29 bits per heavy atom. The van der Waals surface area contributed by atoms with Crippen LogP contribution in [0.15, 0.2) is 54.6 Å². The lowest BCUT2D eigenvalue weighted by Crippen LogP contribution is -2.96. The number of fused-ring (bicyclic) bond motifs is 1. The highest BCUT2D eigenvalue weighted by atomic mass is 16.5. The zero-order valence-electron chi connectivity index (χ0n) is 18.2. The van der Waals surface area contributed by atoms with E-state index < -0.39 is 23.3 Å². The summed E-state index contributed by atoms with van der Waals surface area (Å²) >= 11 is 0. The number of ether oxygens (including phenoxy) is 1. The van der Waals surface area contributed by atoms with Crippen LogP contribution in [0.5, 0.6) is 0 Å². The molecular weight excluding hydrogens is 394 g/mol. The average Bonchev–Trinajstić information content (AvgIpc) is 3.25. The molecule has 2 amide bonds. The summed E-state index contributed by atoms with van der Waals surface area (Å²) in [5.41, 5.74) is 1.29. The first-order valence-corrected chi connectivity index (χ1v) is 10.5. The lowest BCUT2D eigenvalue weighted by Gasteiger charge is -2.29. The van der Waals surface area contributed by atoms with Crippen molar-refractivity contribution in [3.05, 3.63) is 65.7 Å². The molecule has 2 aromatic rings. The van der Waals surface area contributed by atoms with Crippen LogP contribution in [0.2, 0.25) is 0 Å². The zero-order chi connectivity index (χ0) is 22.3. The maximum atomic E-state index is 13.4. The van der Waals surface area contributed by atoms with Gasteiger partial charge in [0, 0.05) is 38.0 Å². The number of hydrogen-bond donors (Lipinski definition) is 1.